The highest BCUT2D eigenvalue weighted by atomic mass is 16.3. The fourth-order valence-electron chi connectivity index (χ4n) is 2.45. The van der Waals surface area contributed by atoms with Gasteiger partial charge in [-0.2, -0.15) is 5.10 Å². The molecule has 0 atom stereocenters. The molecule has 0 aliphatic heterocycles. The monoisotopic (exact) mass is 259 g/mol. The van der Waals surface area contributed by atoms with Crippen molar-refractivity contribution in [3.05, 3.63) is 31.0 Å². The highest BCUT2D eigenvalue weighted by Gasteiger charge is 2.20. The number of aliphatic hydroxyl groups excluding tert-OH is 1. The minimum atomic E-state index is -0.137. The van der Waals surface area contributed by atoms with E-state index in [4.69, 9.17) is 0 Å². The van der Waals surface area contributed by atoms with Crippen LogP contribution >= 0.6 is 0 Å². The van der Waals surface area contributed by atoms with Gasteiger partial charge in [-0.15, -0.1) is 0 Å². The lowest BCUT2D eigenvalue weighted by Crippen LogP contribution is -2.28. The molecular formula is C13H17N5O. The number of pyridine rings is 1. The summed E-state index contributed by atoms with van der Waals surface area (Å²) >= 11 is 0. The molecule has 2 heterocycles. The Balaban J connectivity index is 1.78. The van der Waals surface area contributed by atoms with E-state index in [1.165, 1.54) is 6.33 Å². The van der Waals surface area contributed by atoms with Crippen LogP contribution in [0.15, 0.2) is 31.0 Å². The van der Waals surface area contributed by atoms with Crippen LogP contribution in [0, 0.1) is 0 Å². The molecule has 2 aromatic rings. The average molecular weight is 259 g/mol. The van der Waals surface area contributed by atoms with E-state index < -0.39 is 0 Å². The first-order valence-electron chi connectivity index (χ1n) is 6.57. The summed E-state index contributed by atoms with van der Waals surface area (Å²) in [7, 11) is 0. The Morgan fingerprint density at radius 3 is 2.84 bits per heavy atom. The lowest BCUT2D eigenvalue weighted by molar-refractivity contribution is 0.126. The largest absolute Gasteiger partial charge is 0.393 e. The minimum absolute atomic E-state index is 0.137. The Kier molecular flexibility index (Phi) is 3.41. The van der Waals surface area contributed by atoms with Crippen LogP contribution in [0.3, 0.4) is 0 Å². The van der Waals surface area contributed by atoms with Crippen LogP contribution in [-0.2, 0) is 0 Å². The number of nitrogens with one attached hydrogen (secondary N) is 1. The summed E-state index contributed by atoms with van der Waals surface area (Å²) < 4.78 is 1.65. The van der Waals surface area contributed by atoms with Gasteiger partial charge in [0, 0.05) is 12.2 Å². The molecule has 0 unspecified atom stereocenters. The molecule has 19 heavy (non-hydrogen) atoms. The molecule has 3 rings (SSSR count). The minimum Gasteiger partial charge on any atom is -0.393 e. The van der Waals surface area contributed by atoms with Gasteiger partial charge >= 0.3 is 0 Å². The number of rotatable bonds is 3. The molecule has 0 bridgehead atoms. The smallest absolute Gasteiger partial charge is 0.178 e. The predicted molar refractivity (Wildman–Crippen MR) is 71.0 cm³/mol. The molecule has 2 aromatic heterocycles. The first-order valence-corrected chi connectivity index (χ1v) is 6.57. The van der Waals surface area contributed by atoms with E-state index >= 15 is 0 Å². The molecule has 0 radical (unpaired) electrons. The number of nitrogens with zero attached hydrogens (tertiary/aromatic N) is 4. The van der Waals surface area contributed by atoms with Crippen LogP contribution in [0.1, 0.15) is 25.7 Å². The van der Waals surface area contributed by atoms with Crippen LogP contribution in [0.4, 0.5) is 5.69 Å². The number of aromatic nitrogens is 4. The van der Waals surface area contributed by atoms with Crippen LogP contribution in [-0.4, -0.2) is 37.0 Å². The second kappa shape index (κ2) is 5.36. The van der Waals surface area contributed by atoms with Crippen molar-refractivity contribution in [3.63, 3.8) is 0 Å². The average Bonchev–Trinajstić information content (AvgIpc) is 2.96. The molecule has 1 saturated carbocycles. The number of hydrogen-bond acceptors (Lipinski definition) is 5. The second-order valence-electron chi connectivity index (χ2n) is 4.86. The summed E-state index contributed by atoms with van der Waals surface area (Å²) in [5.41, 5.74) is 0.953. The van der Waals surface area contributed by atoms with Crippen LogP contribution < -0.4 is 5.32 Å². The number of hydrogen-bond donors (Lipinski definition) is 2. The number of anilines is 1. The maximum atomic E-state index is 9.54. The summed E-state index contributed by atoms with van der Waals surface area (Å²) in [6.07, 6.45) is 8.41. The third kappa shape index (κ3) is 2.73. The summed E-state index contributed by atoms with van der Waals surface area (Å²) in [5, 5.41) is 17.1. The lowest BCUT2D eigenvalue weighted by Gasteiger charge is -2.27. The third-order valence-corrected chi connectivity index (χ3v) is 3.48. The van der Waals surface area contributed by atoms with Crippen LogP contribution in [0.5, 0.6) is 0 Å². The van der Waals surface area contributed by atoms with Crippen molar-refractivity contribution in [1.82, 2.24) is 19.7 Å². The molecule has 2 N–H and O–H groups in total. The van der Waals surface area contributed by atoms with Gasteiger partial charge in [0.2, 0.25) is 0 Å². The molecule has 6 nitrogen and oxygen atoms in total. The maximum absolute atomic E-state index is 9.54. The van der Waals surface area contributed by atoms with Crippen molar-refractivity contribution in [2.45, 2.75) is 37.8 Å². The first kappa shape index (κ1) is 12.1. The Morgan fingerprint density at radius 2 is 2.11 bits per heavy atom. The van der Waals surface area contributed by atoms with E-state index in [1.807, 2.05) is 12.1 Å². The zero-order valence-corrected chi connectivity index (χ0v) is 10.6. The zero-order chi connectivity index (χ0) is 13.1. The second-order valence-corrected chi connectivity index (χ2v) is 4.86. The van der Waals surface area contributed by atoms with E-state index in [9.17, 15) is 5.11 Å². The van der Waals surface area contributed by atoms with Crippen molar-refractivity contribution in [2.24, 2.45) is 0 Å². The Hall–Kier alpha value is -1.95. The number of aliphatic hydroxyl groups is 1. The van der Waals surface area contributed by atoms with Gasteiger partial charge in [-0.1, -0.05) is 0 Å². The SMILES string of the molecule is OC1CCC(Nc2cccnc2-n2cncn2)CC1. The molecule has 0 aromatic carbocycles. The molecule has 1 aliphatic rings. The molecule has 1 aliphatic carbocycles. The first-order chi connectivity index (χ1) is 9.33. The Bertz CT molecular complexity index is 520. The maximum Gasteiger partial charge on any atom is 0.178 e. The van der Waals surface area contributed by atoms with Crippen molar-refractivity contribution >= 4 is 5.69 Å². The van der Waals surface area contributed by atoms with Crippen molar-refractivity contribution < 1.29 is 5.11 Å². The van der Waals surface area contributed by atoms with Crippen LogP contribution in [0.2, 0.25) is 0 Å². The Morgan fingerprint density at radius 1 is 1.26 bits per heavy atom. The summed E-state index contributed by atoms with van der Waals surface area (Å²) in [6, 6.07) is 4.28. The van der Waals surface area contributed by atoms with Gasteiger partial charge in [-0.25, -0.2) is 14.6 Å². The predicted octanol–water partition coefficient (Wildman–Crippen LogP) is 1.38. The quantitative estimate of drug-likeness (QED) is 0.871. The van der Waals surface area contributed by atoms with Gasteiger partial charge in [-0.3, -0.25) is 0 Å². The molecular weight excluding hydrogens is 242 g/mol. The zero-order valence-electron chi connectivity index (χ0n) is 10.6. The topological polar surface area (TPSA) is 75.9 Å². The summed E-state index contributed by atoms with van der Waals surface area (Å²) in [5.74, 6) is 0.756. The standard InChI is InChI=1S/C13H17N5O/c19-11-5-3-10(4-6-11)17-12-2-1-7-15-13(12)18-9-14-8-16-18/h1-2,7-11,17,19H,3-6H2. The summed E-state index contributed by atoms with van der Waals surface area (Å²) in [6.45, 7) is 0. The third-order valence-electron chi connectivity index (χ3n) is 3.48. The fourth-order valence-corrected chi connectivity index (χ4v) is 2.45. The van der Waals surface area contributed by atoms with Crippen molar-refractivity contribution in [3.8, 4) is 5.82 Å². The molecule has 100 valence electrons. The van der Waals surface area contributed by atoms with E-state index in [0.717, 1.165) is 37.2 Å². The fraction of sp³-hybridized carbons (Fsp3) is 0.462. The molecule has 0 saturated heterocycles. The molecule has 0 spiro atoms. The van der Waals surface area contributed by atoms with Gasteiger partial charge < -0.3 is 10.4 Å². The van der Waals surface area contributed by atoms with Crippen molar-refractivity contribution in [2.75, 3.05) is 5.32 Å². The van der Waals surface area contributed by atoms with E-state index in [-0.39, 0.29) is 6.10 Å². The van der Waals surface area contributed by atoms with Gasteiger partial charge in [0.25, 0.3) is 0 Å². The van der Waals surface area contributed by atoms with Gasteiger partial charge in [0.15, 0.2) is 5.82 Å². The van der Waals surface area contributed by atoms with Gasteiger partial charge in [0.05, 0.1) is 11.8 Å². The van der Waals surface area contributed by atoms with Crippen molar-refractivity contribution in [1.29, 1.82) is 0 Å². The van der Waals surface area contributed by atoms with E-state index in [0.29, 0.717) is 6.04 Å². The van der Waals surface area contributed by atoms with E-state index in [2.05, 4.69) is 20.4 Å². The molecule has 6 heteroatoms. The van der Waals surface area contributed by atoms with Gasteiger partial charge in [0.1, 0.15) is 12.7 Å². The highest BCUT2D eigenvalue weighted by molar-refractivity contribution is 5.56. The highest BCUT2D eigenvalue weighted by Crippen LogP contribution is 2.24. The summed E-state index contributed by atoms with van der Waals surface area (Å²) in [4.78, 5) is 8.30. The molecule has 1 fully saturated rings. The van der Waals surface area contributed by atoms with Crippen LogP contribution in [0.25, 0.3) is 5.82 Å². The van der Waals surface area contributed by atoms with Gasteiger partial charge in [-0.05, 0) is 37.8 Å². The normalized spacial score (nSPS) is 23.2. The lowest BCUT2D eigenvalue weighted by atomic mass is 9.93. The Labute approximate surface area is 111 Å². The van der Waals surface area contributed by atoms with E-state index in [1.54, 1.807) is 17.2 Å². The molecule has 0 amide bonds.